The molecule has 2 unspecified atom stereocenters. The molecular weight excluding hydrogens is 288 g/mol. The minimum atomic E-state index is -0.712. The summed E-state index contributed by atoms with van der Waals surface area (Å²) in [6.07, 6.45) is 0.566. The van der Waals surface area contributed by atoms with Gasteiger partial charge in [0.1, 0.15) is 0 Å². The van der Waals surface area contributed by atoms with E-state index in [0.29, 0.717) is 0 Å². The van der Waals surface area contributed by atoms with Crippen LogP contribution in [0.2, 0.25) is 0 Å². The van der Waals surface area contributed by atoms with Gasteiger partial charge in [0.25, 0.3) is 0 Å². The van der Waals surface area contributed by atoms with Crippen molar-refractivity contribution in [3.8, 4) is 0 Å². The predicted octanol–water partition coefficient (Wildman–Crippen LogP) is 2.95. The third-order valence-corrected chi connectivity index (χ3v) is 1.96. The van der Waals surface area contributed by atoms with E-state index < -0.39 is 35.7 Å². The van der Waals surface area contributed by atoms with Crippen molar-refractivity contribution in [2.75, 3.05) is 0 Å². The number of ether oxygens (including phenoxy) is 4. The second-order valence-electron chi connectivity index (χ2n) is 6.80. The molecule has 0 aromatic rings. The molecule has 0 spiro atoms. The van der Waals surface area contributed by atoms with Crippen LogP contribution in [0.4, 0.5) is 0 Å². The SMILES string of the molecule is CC(OC(=O)/C=C/C(=O)OC(C)OC(C)(C)C)OC(C)(C)C. The summed E-state index contributed by atoms with van der Waals surface area (Å²) in [5, 5.41) is 0. The Bertz CT molecular complexity index is 362. The molecule has 0 amide bonds. The van der Waals surface area contributed by atoms with E-state index in [4.69, 9.17) is 18.9 Å². The van der Waals surface area contributed by atoms with Crippen LogP contribution in [0, 0.1) is 0 Å². The Morgan fingerprint density at radius 2 is 1.00 bits per heavy atom. The summed E-state index contributed by atoms with van der Waals surface area (Å²) in [4.78, 5) is 23.1. The van der Waals surface area contributed by atoms with Gasteiger partial charge in [-0.2, -0.15) is 0 Å². The first-order valence-corrected chi connectivity index (χ1v) is 7.23. The van der Waals surface area contributed by atoms with Crippen molar-refractivity contribution in [1.82, 2.24) is 0 Å². The van der Waals surface area contributed by atoms with Crippen molar-refractivity contribution in [2.24, 2.45) is 0 Å². The zero-order valence-corrected chi connectivity index (χ0v) is 14.8. The molecule has 0 aliphatic heterocycles. The molecule has 0 aliphatic rings. The fraction of sp³-hybridized carbons (Fsp3) is 0.750. The van der Waals surface area contributed by atoms with Crippen LogP contribution in [0.15, 0.2) is 12.2 Å². The van der Waals surface area contributed by atoms with Crippen molar-refractivity contribution >= 4 is 11.9 Å². The molecule has 0 rings (SSSR count). The van der Waals surface area contributed by atoms with Crippen molar-refractivity contribution in [3.63, 3.8) is 0 Å². The molecule has 128 valence electrons. The third kappa shape index (κ3) is 12.3. The molecule has 0 aliphatic carbocycles. The molecule has 0 N–H and O–H groups in total. The Morgan fingerprint density at radius 3 is 1.23 bits per heavy atom. The van der Waals surface area contributed by atoms with Gasteiger partial charge in [0.05, 0.1) is 11.2 Å². The van der Waals surface area contributed by atoms with Crippen LogP contribution < -0.4 is 0 Å². The maximum Gasteiger partial charge on any atom is 0.333 e. The van der Waals surface area contributed by atoms with Gasteiger partial charge in [0.15, 0.2) is 0 Å². The molecule has 0 saturated carbocycles. The van der Waals surface area contributed by atoms with Crippen molar-refractivity contribution in [1.29, 1.82) is 0 Å². The average molecular weight is 316 g/mol. The zero-order valence-electron chi connectivity index (χ0n) is 14.8. The largest absolute Gasteiger partial charge is 0.433 e. The first-order valence-electron chi connectivity index (χ1n) is 7.23. The van der Waals surface area contributed by atoms with Crippen LogP contribution in [0.1, 0.15) is 55.4 Å². The molecule has 22 heavy (non-hydrogen) atoms. The van der Waals surface area contributed by atoms with Crippen LogP contribution in [0.25, 0.3) is 0 Å². The van der Waals surface area contributed by atoms with Crippen LogP contribution >= 0.6 is 0 Å². The van der Waals surface area contributed by atoms with E-state index in [-0.39, 0.29) is 0 Å². The summed E-state index contributed by atoms with van der Waals surface area (Å²) >= 11 is 0. The highest BCUT2D eigenvalue weighted by Crippen LogP contribution is 2.12. The highest BCUT2D eigenvalue weighted by molar-refractivity contribution is 5.91. The fourth-order valence-electron chi connectivity index (χ4n) is 1.59. The normalized spacial score (nSPS) is 15.5. The minimum absolute atomic E-state index is 0.429. The first-order chi connectivity index (χ1) is 9.78. The first kappa shape index (κ1) is 20.6. The van der Waals surface area contributed by atoms with Gasteiger partial charge in [-0.3, -0.25) is 0 Å². The van der Waals surface area contributed by atoms with Crippen molar-refractivity contribution in [3.05, 3.63) is 12.2 Å². The van der Waals surface area contributed by atoms with Gasteiger partial charge < -0.3 is 18.9 Å². The monoisotopic (exact) mass is 316 g/mol. The molecule has 0 saturated heterocycles. The van der Waals surface area contributed by atoms with E-state index in [9.17, 15) is 9.59 Å². The number of carbonyl (C=O) groups is 2. The van der Waals surface area contributed by atoms with Gasteiger partial charge in [-0.25, -0.2) is 9.59 Å². The summed E-state index contributed by atoms with van der Waals surface area (Å²) in [5.41, 5.74) is -0.857. The lowest BCUT2D eigenvalue weighted by molar-refractivity contribution is -0.194. The van der Waals surface area contributed by atoms with Gasteiger partial charge in [0, 0.05) is 12.2 Å². The Hall–Kier alpha value is -1.40. The number of hydrogen-bond acceptors (Lipinski definition) is 6. The van der Waals surface area contributed by atoms with Gasteiger partial charge in [-0.1, -0.05) is 0 Å². The van der Waals surface area contributed by atoms with E-state index in [0.717, 1.165) is 12.2 Å². The summed E-state index contributed by atoms with van der Waals surface area (Å²) in [7, 11) is 0. The summed E-state index contributed by atoms with van der Waals surface area (Å²) in [5.74, 6) is -1.36. The third-order valence-electron chi connectivity index (χ3n) is 1.96. The molecule has 0 radical (unpaired) electrons. The molecule has 0 heterocycles. The molecular formula is C16H28O6. The van der Waals surface area contributed by atoms with E-state index in [1.54, 1.807) is 13.8 Å². The summed E-state index contributed by atoms with van der Waals surface area (Å²) in [6, 6.07) is 0. The molecule has 2 atom stereocenters. The van der Waals surface area contributed by atoms with Crippen LogP contribution in [-0.2, 0) is 28.5 Å². The quantitative estimate of drug-likeness (QED) is 0.426. The van der Waals surface area contributed by atoms with Gasteiger partial charge in [-0.05, 0) is 55.4 Å². The maximum absolute atomic E-state index is 11.5. The van der Waals surface area contributed by atoms with E-state index in [2.05, 4.69) is 0 Å². The Labute approximate surface area is 132 Å². The highest BCUT2D eigenvalue weighted by Gasteiger charge is 2.19. The fourth-order valence-corrected chi connectivity index (χ4v) is 1.59. The number of esters is 2. The topological polar surface area (TPSA) is 71.1 Å². The highest BCUT2D eigenvalue weighted by atomic mass is 16.7. The Balaban J connectivity index is 4.24. The molecule has 0 aromatic carbocycles. The van der Waals surface area contributed by atoms with Gasteiger partial charge in [0.2, 0.25) is 12.6 Å². The number of carbonyl (C=O) groups excluding carboxylic acids is 2. The summed E-state index contributed by atoms with van der Waals surface area (Å²) < 4.78 is 20.8. The van der Waals surface area contributed by atoms with Crippen LogP contribution in [0.3, 0.4) is 0 Å². The molecule has 6 heteroatoms. The molecule has 0 bridgehead atoms. The summed E-state index contributed by atoms with van der Waals surface area (Å²) in [6.45, 7) is 14.3. The number of rotatable bonds is 6. The minimum Gasteiger partial charge on any atom is -0.433 e. The lowest BCUT2D eigenvalue weighted by Crippen LogP contribution is -2.29. The second-order valence-corrected chi connectivity index (χ2v) is 6.80. The van der Waals surface area contributed by atoms with E-state index in [1.165, 1.54) is 0 Å². The van der Waals surface area contributed by atoms with Crippen molar-refractivity contribution < 1.29 is 28.5 Å². The smallest absolute Gasteiger partial charge is 0.333 e. The number of hydrogen-bond donors (Lipinski definition) is 0. The molecule has 6 nitrogen and oxygen atoms in total. The lowest BCUT2D eigenvalue weighted by Gasteiger charge is -2.24. The van der Waals surface area contributed by atoms with Gasteiger partial charge >= 0.3 is 11.9 Å². The van der Waals surface area contributed by atoms with Gasteiger partial charge in [-0.15, -0.1) is 0 Å². The zero-order chi connectivity index (χ0) is 17.6. The van der Waals surface area contributed by atoms with Crippen LogP contribution in [0.5, 0.6) is 0 Å². The van der Waals surface area contributed by atoms with E-state index in [1.807, 2.05) is 41.5 Å². The average Bonchev–Trinajstić information content (AvgIpc) is 2.20. The standard InChI is InChI=1S/C16H28O6/c1-11(21-15(3,4)5)19-13(17)9-10-14(18)20-12(2)22-16(6,7)8/h9-12H,1-8H3/b10-9+. The lowest BCUT2D eigenvalue weighted by atomic mass is 10.2. The predicted molar refractivity (Wildman–Crippen MR) is 81.9 cm³/mol. The molecule has 0 fully saturated rings. The van der Waals surface area contributed by atoms with E-state index >= 15 is 0 Å². The Kier molecular flexibility index (Phi) is 7.76. The maximum atomic E-state index is 11.5. The second kappa shape index (κ2) is 8.29. The van der Waals surface area contributed by atoms with Crippen LogP contribution in [-0.4, -0.2) is 35.7 Å². The molecule has 0 aromatic heterocycles. The Morgan fingerprint density at radius 1 is 0.727 bits per heavy atom. The van der Waals surface area contributed by atoms with Crippen molar-refractivity contribution in [2.45, 2.75) is 79.2 Å².